The van der Waals surface area contributed by atoms with Crippen LogP contribution in [0.5, 0.6) is 5.75 Å². The Kier molecular flexibility index (Phi) is 8.35. The molecule has 136 valence electrons. The molecule has 8 heteroatoms. The first-order valence-electron chi connectivity index (χ1n) is 7.81. The molecule has 0 aliphatic heterocycles. The number of hydrogen-bond acceptors (Lipinski definition) is 4. The van der Waals surface area contributed by atoms with Gasteiger partial charge in [0.15, 0.2) is 5.96 Å². The topological polar surface area (TPSA) is 79.8 Å². The first-order valence-corrected chi connectivity index (χ1v) is 10.2. The molecule has 1 rings (SSSR count). The zero-order valence-electron chi connectivity index (χ0n) is 14.6. The van der Waals surface area contributed by atoms with E-state index in [1.54, 1.807) is 13.1 Å². The van der Waals surface area contributed by atoms with Crippen LogP contribution in [-0.2, 0) is 16.4 Å². The molecule has 0 aliphatic rings. The highest BCUT2D eigenvalue weighted by atomic mass is 35.5. The van der Waals surface area contributed by atoms with E-state index in [1.807, 2.05) is 26.0 Å². The minimum Gasteiger partial charge on any atom is -0.493 e. The maximum Gasteiger partial charge on any atom is 0.191 e. The standard InChI is InChI=1S/C16H26ClN3O3S/c1-5-23-15-10-14(17)7-6-13(15)11-19-16(18-3)20-12(2)8-9-24(4,21)22/h6-7,10,12H,5,8-9,11H2,1-4H3,(H2,18,19,20). The highest BCUT2D eigenvalue weighted by Crippen LogP contribution is 2.23. The third-order valence-corrected chi connectivity index (χ3v) is 4.52. The van der Waals surface area contributed by atoms with Gasteiger partial charge in [-0.1, -0.05) is 17.7 Å². The molecule has 0 aromatic heterocycles. The van der Waals surface area contributed by atoms with Crippen LogP contribution in [0.3, 0.4) is 0 Å². The van der Waals surface area contributed by atoms with Crippen molar-refractivity contribution in [3.8, 4) is 5.75 Å². The smallest absolute Gasteiger partial charge is 0.191 e. The lowest BCUT2D eigenvalue weighted by molar-refractivity contribution is 0.336. The van der Waals surface area contributed by atoms with Gasteiger partial charge in [-0.05, 0) is 32.4 Å². The Hall–Kier alpha value is -1.47. The number of guanidine groups is 1. The average Bonchev–Trinajstić information content (AvgIpc) is 2.50. The van der Waals surface area contributed by atoms with Gasteiger partial charge in [0.25, 0.3) is 0 Å². The van der Waals surface area contributed by atoms with Crippen LogP contribution in [0.2, 0.25) is 5.02 Å². The van der Waals surface area contributed by atoms with Crippen LogP contribution in [-0.4, -0.2) is 46.1 Å². The van der Waals surface area contributed by atoms with Crippen LogP contribution in [0.4, 0.5) is 0 Å². The van der Waals surface area contributed by atoms with Crippen molar-refractivity contribution in [2.75, 3.05) is 25.7 Å². The van der Waals surface area contributed by atoms with E-state index < -0.39 is 9.84 Å². The molecule has 0 saturated heterocycles. The molecule has 0 fully saturated rings. The highest BCUT2D eigenvalue weighted by molar-refractivity contribution is 7.90. The summed E-state index contributed by atoms with van der Waals surface area (Å²) in [7, 11) is -1.29. The van der Waals surface area contributed by atoms with Crippen LogP contribution < -0.4 is 15.4 Å². The van der Waals surface area contributed by atoms with Gasteiger partial charge in [-0.25, -0.2) is 8.42 Å². The Bertz CT molecular complexity index is 663. The van der Waals surface area contributed by atoms with Crippen LogP contribution in [0.25, 0.3) is 0 Å². The number of rotatable bonds is 8. The molecule has 6 nitrogen and oxygen atoms in total. The SMILES string of the molecule is CCOc1cc(Cl)ccc1CNC(=NC)NC(C)CCS(C)(=O)=O. The molecule has 1 atom stereocenters. The first-order chi connectivity index (χ1) is 11.2. The highest BCUT2D eigenvalue weighted by Gasteiger charge is 2.10. The molecular weight excluding hydrogens is 350 g/mol. The summed E-state index contributed by atoms with van der Waals surface area (Å²) in [6, 6.07) is 5.49. The summed E-state index contributed by atoms with van der Waals surface area (Å²) in [4.78, 5) is 4.16. The molecule has 0 amide bonds. The summed E-state index contributed by atoms with van der Waals surface area (Å²) in [6.45, 7) is 4.92. The molecule has 0 aliphatic carbocycles. The van der Waals surface area contributed by atoms with E-state index in [9.17, 15) is 8.42 Å². The molecule has 0 heterocycles. The minimum absolute atomic E-state index is 0.0116. The molecule has 0 radical (unpaired) electrons. The predicted molar refractivity (Wildman–Crippen MR) is 99.7 cm³/mol. The maximum absolute atomic E-state index is 11.2. The predicted octanol–water partition coefficient (Wildman–Crippen LogP) is 2.23. The summed E-state index contributed by atoms with van der Waals surface area (Å²) in [5.74, 6) is 1.48. The van der Waals surface area contributed by atoms with Crippen molar-refractivity contribution in [1.82, 2.24) is 10.6 Å². The fourth-order valence-electron chi connectivity index (χ4n) is 2.03. The zero-order valence-corrected chi connectivity index (χ0v) is 16.2. The lowest BCUT2D eigenvalue weighted by Gasteiger charge is -2.18. The summed E-state index contributed by atoms with van der Waals surface area (Å²) >= 11 is 6.00. The van der Waals surface area contributed by atoms with Crippen molar-refractivity contribution in [3.63, 3.8) is 0 Å². The van der Waals surface area contributed by atoms with E-state index in [0.29, 0.717) is 30.6 Å². The van der Waals surface area contributed by atoms with Gasteiger partial charge in [0.2, 0.25) is 0 Å². The van der Waals surface area contributed by atoms with Gasteiger partial charge in [-0.2, -0.15) is 0 Å². The third kappa shape index (κ3) is 7.88. The first kappa shape index (κ1) is 20.6. The monoisotopic (exact) mass is 375 g/mol. The summed E-state index contributed by atoms with van der Waals surface area (Å²) in [6.07, 6.45) is 1.76. The van der Waals surface area contributed by atoms with Crippen molar-refractivity contribution in [1.29, 1.82) is 0 Å². The maximum atomic E-state index is 11.2. The van der Waals surface area contributed by atoms with Crippen LogP contribution in [0, 0.1) is 0 Å². The van der Waals surface area contributed by atoms with Gasteiger partial charge >= 0.3 is 0 Å². The lowest BCUT2D eigenvalue weighted by Crippen LogP contribution is -2.42. The van der Waals surface area contributed by atoms with E-state index in [0.717, 1.165) is 11.3 Å². The van der Waals surface area contributed by atoms with Gasteiger partial charge in [-0.15, -0.1) is 0 Å². The van der Waals surface area contributed by atoms with Crippen LogP contribution in [0.1, 0.15) is 25.8 Å². The lowest BCUT2D eigenvalue weighted by atomic mass is 10.2. The molecule has 0 bridgehead atoms. The van der Waals surface area contributed by atoms with Gasteiger partial charge in [-0.3, -0.25) is 4.99 Å². The molecule has 24 heavy (non-hydrogen) atoms. The Balaban J connectivity index is 2.61. The van der Waals surface area contributed by atoms with Crippen molar-refractivity contribution in [2.45, 2.75) is 32.9 Å². The van der Waals surface area contributed by atoms with Crippen molar-refractivity contribution in [3.05, 3.63) is 28.8 Å². The summed E-state index contributed by atoms with van der Waals surface area (Å²) < 4.78 is 28.0. The van der Waals surface area contributed by atoms with Gasteiger partial charge < -0.3 is 15.4 Å². The number of sulfone groups is 1. The number of aliphatic imine (C=N–C) groups is 1. The Morgan fingerprint density at radius 2 is 2.12 bits per heavy atom. The third-order valence-electron chi connectivity index (χ3n) is 3.30. The van der Waals surface area contributed by atoms with E-state index in [-0.39, 0.29) is 11.8 Å². The number of nitrogens with one attached hydrogen (secondary N) is 2. The van der Waals surface area contributed by atoms with Gasteiger partial charge in [0.05, 0.1) is 12.4 Å². The quantitative estimate of drug-likeness (QED) is 0.538. The molecule has 1 aromatic rings. The Morgan fingerprint density at radius 3 is 2.71 bits per heavy atom. The zero-order chi connectivity index (χ0) is 18.2. The van der Waals surface area contributed by atoms with Crippen molar-refractivity contribution < 1.29 is 13.2 Å². The van der Waals surface area contributed by atoms with Gasteiger partial charge in [0, 0.05) is 36.5 Å². The fraction of sp³-hybridized carbons (Fsp3) is 0.562. The summed E-state index contributed by atoms with van der Waals surface area (Å²) in [5.41, 5.74) is 0.966. The van der Waals surface area contributed by atoms with Crippen LogP contribution >= 0.6 is 11.6 Å². The largest absolute Gasteiger partial charge is 0.493 e. The van der Waals surface area contributed by atoms with E-state index in [4.69, 9.17) is 16.3 Å². The minimum atomic E-state index is -2.96. The second-order valence-corrected chi connectivity index (χ2v) is 8.27. The molecule has 0 spiro atoms. The number of ether oxygens (including phenoxy) is 1. The molecular formula is C16H26ClN3O3S. The van der Waals surface area contributed by atoms with E-state index in [1.165, 1.54) is 6.26 Å². The fourth-order valence-corrected chi connectivity index (χ4v) is 2.98. The second kappa shape index (κ2) is 9.74. The van der Waals surface area contributed by atoms with E-state index >= 15 is 0 Å². The van der Waals surface area contributed by atoms with Crippen molar-refractivity contribution >= 4 is 27.4 Å². The molecule has 0 saturated carbocycles. The van der Waals surface area contributed by atoms with Gasteiger partial charge in [0.1, 0.15) is 15.6 Å². The molecule has 2 N–H and O–H groups in total. The van der Waals surface area contributed by atoms with E-state index in [2.05, 4.69) is 15.6 Å². The number of benzene rings is 1. The number of halogens is 1. The van der Waals surface area contributed by atoms with Crippen LogP contribution in [0.15, 0.2) is 23.2 Å². The number of nitrogens with zero attached hydrogens (tertiary/aromatic N) is 1. The van der Waals surface area contributed by atoms with Crippen molar-refractivity contribution in [2.24, 2.45) is 4.99 Å². The molecule has 1 aromatic carbocycles. The molecule has 1 unspecified atom stereocenters. The Labute approximate surface area is 149 Å². The average molecular weight is 376 g/mol. The second-order valence-electron chi connectivity index (χ2n) is 5.57. The number of hydrogen-bond donors (Lipinski definition) is 2. The normalized spacial score (nSPS) is 13.5. The summed E-state index contributed by atoms with van der Waals surface area (Å²) in [5, 5.41) is 7.00. The Morgan fingerprint density at radius 1 is 1.42 bits per heavy atom.